The molecule has 0 heterocycles. The van der Waals surface area contributed by atoms with Crippen LogP contribution in [0.2, 0.25) is 10.0 Å². The third kappa shape index (κ3) is 6.01. The van der Waals surface area contributed by atoms with Crippen molar-refractivity contribution in [2.75, 3.05) is 10.8 Å². The van der Waals surface area contributed by atoms with Crippen molar-refractivity contribution in [2.24, 2.45) is 0 Å². The van der Waals surface area contributed by atoms with Crippen molar-refractivity contribution in [2.45, 2.75) is 24.3 Å². The SMILES string of the molecule is CC(C(=O)NCCc1ccc(F)cc1)N(c1cc(Cl)ccc1F)S(=O)(=O)c1ccc(Cl)cc1. The minimum atomic E-state index is -4.36. The molecule has 0 saturated carbocycles. The van der Waals surface area contributed by atoms with Crippen molar-refractivity contribution in [3.63, 3.8) is 0 Å². The molecule has 10 heteroatoms. The van der Waals surface area contributed by atoms with Crippen molar-refractivity contribution >= 4 is 44.8 Å². The molecule has 1 N–H and O–H groups in total. The first kappa shape index (κ1) is 25.0. The first-order valence-corrected chi connectivity index (χ1v) is 12.1. The van der Waals surface area contributed by atoms with Crippen molar-refractivity contribution in [1.29, 1.82) is 0 Å². The summed E-state index contributed by atoms with van der Waals surface area (Å²) in [6.45, 7) is 1.52. The van der Waals surface area contributed by atoms with Gasteiger partial charge in [-0.3, -0.25) is 9.10 Å². The average molecular weight is 513 g/mol. The van der Waals surface area contributed by atoms with Gasteiger partial charge >= 0.3 is 0 Å². The fraction of sp³-hybridized carbons (Fsp3) is 0.174. The van der Waals surface area contributed by atoms with Gasteiger partial charge in [-0.15, -0.1) is 0 Å². The molecule has 0 saturated heterocycles. The molecule has 3 aromatic carbocycles. The van der Waals surface area contributed by atoms with E-state index in [2.05, 4.69) is 5.32 Å². The number of rotatable bonds is 8. The van der Waals surface area contributed by atoms with Gasteiger partial charge in [0.15, 0.2) is 0 Å². The molecule has 5 nitrogen and oxygen atoms in total. The zero-order chi connectivity index (χ0) is 24.2. The van der Waals surface area contributed by atoms with Crippen molar-refractivity contribution in [1.82, 2.24) is 5.32 Å². The van der Waals surface area contributed by atoms with Gasteiger partial charge in [-0.25, -0.2) is 17.2 Å². The maximum Gasteiger partial charge on any atom is 0.265 e. The highest BCUT2D eigenvalue weighted by molar-refractivity contribution is 7.93. The highest BCUT2D eigenvalue weighted by atomic mass is 35.5. The van der Waals surface area contributed by atoms with E-state index >= 15 is 0 Å². The predicted molar refractivity (Wildman–Crippen MR) is 125 cm³/mol. The van der Waals surface area contributed by atoms with E-state index in [9.17, 15) is 22.0 Å². The quantitative estimate of drug-likeness (QED) is 0.450. The monoisotopic (exact) mass is 512 g/mol. The van der Waals surface area contributed by atoms with E-state index in [4.69, 9.17) is 23.2 Å². The third-order valence-electron chi connectivity index (χ3n) is 4.87. The van der Waals surface area contributed by atoms with Crippen LogP contribution < -0.4 is 9.62 Å². The molecule has 0 fully saturated rings. The van der Waals surface area contributed by atoms with Crippen LogP contribution in [0.3, 0.4) is 0 Å². The summed E-state index contributed by atoms with van der Waals surface area (Å²) in [4.78, 5) is 12.7. The second-order valence-electron chi connectivity index (χ2n) is 7.19. The largest absolute Gasteiger partial charge is 0.354 e. The third-order valence-corrected chi connectivity index (χ3v) is 7.26. The van der Waals surface area contributed by atoms with Crippen molar-refractivity contribution in [3.8, 4) is 0 Å². The first-order chi connectivity index (χ1) is 15.6. The molecule has 0 radical (unpaired) electrons. The average Bonchev–Trinajstić information content (AvgIpc) is 2.77. The van der Waals surface area contributed by atoms with Crippen LogP contribution in [0.1, 0.15) is 12.5 Å². The van der Waals surface area contributed by atoms with E-state index in [1.807, 2.05) is 0 Å². The maximum atomic E-state index is 14.7. The van der Waals surface area contributed by atoms with Crippen LogP contribution in [-0.2, 0) is 21.2 Å². The normalized spacial score (nSPS) is 12.3. The predicted octanol–water partition coefficient (Wildman–Crippen LogP) is 5.21. The lowest BCUT2D eigenvalue weighted by Gasteiger charge is -2.30. The Labute approximate surface area is 201 Å². The van der Waals surface area contributed by atoms with E-state index in [1.165, 1.54) is 49.4 Å². The topological polar surface area (TPSA) is 66.5 Å². The first-order valence-electron chi connectivity index (χ1n) is 9.87. The van der Waals surface area contributed by atoms with E-state index in [1.54, 1.807) is 12.1 Å². The second kappa shape index (κ2) is 10.5. The molecule has 3 rings (SSSR count). The number of benzene rings is 3. The Morgan fingerprint density at radius 3 is 2.21 bits per heavy atom. The molecule has 0 aromatic heterocycles. The number of hydrogen-bond acceptors (Lipinski definition) is 3. The van der Waals surface area contributed by atoms with Gasteiger partial charge in [-0.2, -0.15) is 0 Å². The van der Waals surface area contributed by atoms with E-state index in [0.717, 1.165) is 17.7 Å². The van der Waals surface area contributed by atoms with E-state index in [0.29, 0.717) is 15.7 Å². The highest BCUT2D eigenvalue weighted by Crippen LogP contribution is 2.31. The van der Waals surface area contributed by atoms with Crippen LogP contribution in [0.4, 0.5) is 14.5 Å². The van der Waals surface area contributed by atoms with Crippen LogP contribution in [0.15, 0.2) is 71.6 Å². The maximum absolute atomic E-state index is 14.7. The van der Waals surface area contributed by atoms with Gasteiger partial charge in [0.25, 0.3) is 10.0 Å². The van der Waals surface area contributed by atoms with Gasteiger partial charge in [-0.05, 0) is 73.5 Å². The van der Waals surface area contributed by atoms with Gasteiger partial charge in [0.05, 0.1) is 10.6 Å². The smallest absolute Gasteiger partial charge is 0.265 e. The summed E-state index contributed by atoms with van der Waals surface area (Å²) in [6, 6.07) is 13.2. The zero-order valence-electron chi connectivity index (χ0n) is 17.4. The molecular formula is C23H20Cl2F2N2O3S. The van der Waals surface area contributed by atoms with E-state index in [-0.39, 0.29) is 28.0 Å². The van der Waals surface area contributed by atoms with Crippen LogP contribution in [-0.4, -0.2) is 26.9 Å². The molecule has 0 bridgehead atoms. The number of nitrogens with zero attached hydrogens (tertiary/aromatic N) is 1. The summed E-state index contributed by atoms with van der Waals surface area (Å²) in [5.41, 5.74) is 0.425. The Hall–Kier alpha value is -2.68. The number of nitrogens with one attached hydrogen (secondary N) is 1. The summed E-state index contributed by atoms with van der Waals surface area (Å²) in [5.74, 6) is -1.88. The van der Waals surface area contributed by atoms with Crippen molar-refractivity contribution in [3.05, 3.63) is 94.0 Å². The van der Waals surface area contributed by atoms with Crippen LogP contribution in [0.25, 0.3) is 0 Å². The summed E-state index contributed by atoms with van der Waals surface area (Å²) >= 11 is 11.9. The summed E-state index contributed by atoms with van der Waals surface area (Å²) in [7, 11) is -4.36. The van der Waals surface area contributed by atoms with Gasteiger partial charge in [0, 0.05) is 16.6 Å². The standard InChI is InChI=1S/C23H20Cl2F2N2O3S/c1-15(23(30)28-13-12-16-2-7-19(26)8-3-16)29(22-14-18(25)6-11-21(22)27)33(31,32)20-9-4-17(24)5-10-20/h2-11,14-15H,12-13H2,1H3,(H,28,30). The Morgan fingerprint density at radius 1 is 0.970 bits per heavy atom. The highest BCUT2D eigenvalue weighted by Gasteiger charge is 2.35. The number of carbonyl (C=O) groups excluding carboxylic acids is 1. The fourth-order valence-electron chi connectivity index (χ4n) is 3.16. The molecular weight excluding hydrogens is 493 g/mol. The van der Waals surface area contributed by atoms with Crippen LogP contribution in [0.5, 0.6) is 0 Å². The minimum absolute atomic E-state index is 0.103. The molecule has 33 heavy (non-hydrogen) atoms. The molecule has 3 aromatic rings. The molecule has 1 amide bonds. The Kier molecular flexibility index (Phi) is 7.94. The molecule has 0 aliphatic carbocycles. The van der Waals surface area contributed by atoms with E-state index < -0.39 is 27.8 Å². The van der Waals surface area contributed by atoms with Crippen molar-refractivity contribution < 1.29 is 22.0 Å². The molecule has 0 aliphatic rings. The van der Waals surface area contributed by atoms with Gasteiger partial charge in [0.2, 0.25) is 5.91 Å². The summed E-state index contributed by atoms with van der Waals surface area (Å²) in [5, 5.41) is 3.07. The molecule has 1 atom stereocenters. The van der Waals surface area contributed by atoms with Gasteiger partial charge < -0.3 is 5.32 Å². The van der Waals surface area contributed by atoms with Gasteiger partial charge in [0.1, 0.15) is 17.7 Å². The summed E-state index contributed by atoms with van der Waals surface area (Å²) < 4.78 is 55.3. The lowest BCUT2D eigenvalue weighted by atomic mass is 10.1. The van der Waals surface area contributed by atoms with Crippen LogP contribution >= 0.6 is 23.2 Å². The van der Waals surface area contributed by atoms with Crippen LogP contribution in [0, 0.1) is 11.6 Å². The lowest BCUT2D eigenvalue weighted by molar-refractivity contribution is -0.121. The number of hydrogen-bond donors (Lipinski definition) is 1. The molecule has 0 aliphatic heterocycles. The molecule has 1 unspecified atom stereocenters. The number of carbonyl (C=O) groups is 1. The number of anilines is 1. The Bertz CT molecular complexity index is 1240. The summed E-state index contributed by atoms with van der Waals surface area (Å²) in [6.07, 6.45) is 0.397. The second-order valence-corrected chi connectivity index (χ2v) is 9.88. The zero-order valence-corrected chi connectivity index (χ0v) is 19.8. The van der Waals surface area contributed by atoms with Gasteiger partial charge in [-0.1, -0.05) is 35.3 Å². The number of amides is 1. The Morgan fingerprint density at radius 2 is 1.58 bits per heavy atom. The Balaban J connectivity index is 1.89. The lowest BCUT2D eigenvalue weighted by Crippen LogP contribution is -2.49. The fourth-order valence-corrected chi connectivity index (χ4v) is 5.07. The minimum Gasteiger partial charge on any atom is -0.354 e. The molecule has 174 valence electrons. The number of sulfonamides is 1. The molecule has 0 spiro atoms. The number of halogens is 4.